The maximum atomic E-state index is 11.8. The van der Waals surface area contributed by atoms with Crippen LogP contribution in [0.25, 0.3) is 0 Å². The molecule has 2 fully saturated rings. The van der Waals surface area contributed by atoms with E-state index in [1.54, 1.807) is 0 Å². The third-order valence-electron chi connectivity index (χ3n) is 2.54. The van der Waals surface area contributed by atoms with Crippen LogP contribution in [0.5, 0.6) is 0 Å². The van der Waals surface area contributed by atoms with Crippen LogP contribution in [0, 0.1) is 5.41 Å². The van der Waals surface area contributed by atoms with Crippen LogP contribution >= 0.6 is 0 Å². The highest BCUT2D eigenvalue weighted by Crippen LogP contribution is 2.23. The Kier molecular flexibility index (Phi) is 1.99. The molecule has 2 aliphatic heterocycles. The van der Waals surface area contributed by atoms with E-state index in [1.165, 1.54) is 4.90 Å². The minimum Gasteiger partial charge on any atom is -0.371 e. The number of imide groups is 1. The normalized spacial score (nSPS) is 30.1. The smallest absolute Gasteiger partial charge is 0.324 e. The van der Waals surface area contributed by atoms with E-state index >= 15 is 0 Å². The second kappa shape index (κ2) is 2.95. The van der Waals surface area contributed by atoms with E-state index in [1.807, 2.05) is 13.8 Å². The van der Waals surface area contributed by atoms with Crippen LogP contribution in [-0.2, 0) is 9.53 Å². The van der Waals surface area contributed by atoms with Gasteiger partial charge >= 0.3 is 6.03 Å². The Balaban J connectivity index is 2.09. The Morgan fingerprint density at radius 1 is 1.57 bits per heavy atom. The van der Waals surface area contributed by atoms with Gasteiger partial charge in [0.2, 0.25) is 5.91 Å². The molecule has 0 saturated carbocycles. The van der Waals surface area contributed by atoms with Gasteiger partial charge < -0.3 is 10.1 Å². The van der Waals surface area contributed by atoms with Gasteiger partial charge in [0.05, 0.1) is 24.7 Å². The van der Waals surface area contributed by atoms with E-state index in [-0.39, 0.29) is 18.0 Å². The van der Waals surface area contributed by atoms with Gasteiger partial charge in [-0.15, -0.1) is 0 Å². The standard InChI is InChI=1S/C9H14N2O3/c1-9(2)5-10-8(13)11(7(9)12)3-6-4-14-6/h6H,3-5H2,1-2H3,(H,10,13). The van der Waals surface area contributed by atoms with Crippen molar-refractivity contribution in [3.8, 4) is 0 Å². The van der Waals surface area contributed by atoms with Gasteiger partial charge in [0.25, 0.3) is 0 Å². The van der Waals surface area contributed by atoms with E-state index in [2.05, 4.69) is 5.32 Å². The van der Waals surface area contributed by atoms with E-state index in [9.17, 15) is 9.59 Å². The average molecular weight is 198 g/mol. The quantitative estimate of drug-likeness (QED) is 0.633. The van der Waals surface area contributed by atoms with Crippen LogP contribution in [0.2, 0.25) is 0 Å². The molecule has 2 rings (SSSR count). The van der Waals surface area contributed by atoms with Crippen LogP contribution in [0.1, 0.15) is 13.8 Å². The zero-order valence-corrected chi connectivity index (χ0v) is 8.37. The third-order valence-corrected chi connectivity index (χ3v) is 2.54. The number of carbonyl (C=O) groups excluding carboxylic acids is 2. The topological polar surface area (TPSA) is 61.9 Å². The van der Waals surface area contributed by atoms with Crippen molar-refractivity contribution in [1.82, 2.24) is 10.2 Å². The highest BCUT2D eigenvalue weighted by atomic mass is 16.6. The molecule has 5 heteroatoms. The fourth-order valence-electron chi connectivity index (χ4n) is 1.47. The summed E-state index contributed by atoms with van der Waals surface area (Å²) in [5, 5.41) is 2.70. The van der Waals surface area contributed by atoms with Crippen molar-refractivity contribution in [2.24, 2.45) is 5.41 Å². The largest absolute Gasteiger partial charge is 0.371 e. The van der Waals surface area contributed by atoms with Gasteiger partial charge in [0.1, 0.15) is 0 Å². The van der Waals surface area contributed by atoms with Gasteiger partial charge in [-0.2, -0.15) is 0 Å². The van der Waals surface area contributed by atoms with Gasteiger partial charge in [-0.1, -0.05) is 0 Å². The minimum absolute atomic E-state index is 0.0543. The van der Waals surface area contributed by atoms with Gasteiger partial charge in [0, 0.05) is 6.54 Å². The first-order valence-corrected chi connectivity index (χ1v) is 4.72. The zero-order valence-electron chi connectivity index (χ0n) is 8.37. The summed E-state index contributed by atoms with van der Waals surface area (Å²) in [4.78, 5) is 24.5. The Labute approximate surface area is 82.4 Å². The average Bonchev–Trinajstić information content (AvgIpc) is 2.91. The number of ether oxygens (including phenoxy) is 1. The van der Waals surface area contributed by atoms with Crippen LogP contribution in [0.3, 0.4) is 0 Å². The molecule has 0 spiro atoms. The molecule has 0 aromatic rings. The summed E-state index contributed by atoms with van der Waals surface area (Å²) in [6, 6.07) is -0.301. The number of rotatable bonds is 2. The van der Waals surface area contributed by atoms with Crippen molar-refractivity contribution in [3.63, 3.8) is 0 Å². The van der Waals surface area contributed by atoms with Crippen LogP contribution in [-0.4, -0.2) is 42.6 Å². The number of epoxide rings is 1. The van der Waals surface area contributed by atoms with Crippen molar-refractivity contribution in [2.45, 2.75) is 20.0 Å². The summed E-state index contributed by atoms with van der Waals surface area (Å²) < 4.78 is 5.00. The number of hydrogen-bond acceptors (Lipinski definition) is 3. The minimum atomic E-state index is -0.497. The lowest BCUT2D eigenvalue weighted by molar-refractivity contribution is -0.138. The van der Waals surface area contributed by atoms with Crippen LogP contribution < -0.4 is 5.32 Å². The monoisotopic (exact) mass is 198 g/mol. The molecule has 1 atom stereocenters. The second-order valence-corrected chi connectivity index (χ2v) is 4.41. The van der Waals surface area contributed by atoms with Gasteiger partial charge in [0.15, 0.2) is 0 Å². The summed E-state index contributed by atoms with van der Waals surface area (Å²) in [5.41, 5.74) is -0.497. The molecule has 0 aromatic carbocycles. The van der Waals surface area contributed by atoms with E-state index < -0.39 is 5.41 Å². The fourth-order valence-corrected chi connectivity index (χ4v) is 1.47. The molecule has 3 amide bonds. The third kappa shape index (κ3) is 1.59. The zero-order chi connectivity index (χ0) is 10.3. The molecule has 1 N–H and O–H groups in total. The summed E-state index contributed by atoms with van der Waals surface area (Å²) >= 11 is 0. The first-order chi connectivity index (χ1) is 6.50. The predicted octanol–water partition coefficient (Wildman–Crippen LogP) is -0.0368. The maximum absolute atomic E-state index is 11.8. The maximum Gasteiger partial charge on any atom is 0.324 e. The molecular weight excluding hydrogens is 184 g/mol. The summed E-state index contributed by atoms with van der Waals surface area (Å²) in [6.07, 6.45) is 0.0543. The number of nitrogens with one attached hydrogen (secondary N) is 1. The lowest BCUT2D eigenvalue weighted by Gasteiger charge is -2.35. The molecule has 2 aliphatic rings. The summed E-state index contributed by atoms with van der Waals surface area (Å²) in [6.45, 7) is 5.10. The Bertz CT molecular complexity index is 284. The van der Waals surface area contributed by atoms with Gasteiger partial charge in [-0.25, -0.2) is 4.79 Å². The number of urea groups is 1. The molecule has 5 nitrogen and oxygen atoms in total. The Morgan fingerprint density at radius 2 is 2.21 bits per heavy atom. The highest BCUT2D eigenvalue weighted by Gasteiger charge is 2.42. The molecular formula is C9H14N2O3. The molecule has 0 aliphatic carbocycles. The van der Waals surface area contributed by atoms with E-state index in [0.717, 1.165) is 0 Å². The SMILES string of the molecule is CC1(C)CNC(=O)N(CC2CO2)C1=O. The lowest BCUT2D eigenvalue weighted by atomic mass is 9.90. The van der Waals surface area contributed by atoms with Crippen molar-refractivity contribution in [2.75, 3.05) is 19.7 Å². The van der Waals surface area contributed by atoms with Gasteiger partial charge in [-0.3, -0.25) is 9.69 Å². The van der Waals surface area contributed by atoms with Crippen LogP contribution in [0.4, 0.5) is 4.79 Å². The van der Waals surface area contributed by atoms with Crippen molar-refractivity contribution >= 4 is 11.9 Å². The first-order valence-electron chi connectivity index (χ1n) is 4.72. The molecule has 78 valence electrons. The molecule has 0 radical (unpaired) electrons. The first kappa shape index (κ1) is 9.45. The molecule has 14 heavy (non-hydrogen) atoms. The van der Waals surface area contributed by atoms with Gasteiger partial charge in [-0.05, 0) is 13.8 Å². The highest BCUT2D eigenvalue weighted by molar-refractivity contribution is 5.99. The Morgan fingerprint density at radius 3 is 2.79 bits per heavy atom. The number of nitrogens with zero attached hydrogens (tertiary/aromatic N) is 1. The van der Waals surface area contributed by atoms with E-state index in [0.29, 0.717) is 19.7 Å². The molecule has 0 aromatic heterocycles. The van der Waals surface area contributed by atoms with Crippen LogP contribution in [0.15, 0.2) is 0 Å². The van der Waals surface area contributed by atoms with Crippen molar-refractivity contribution in [3.05, 3.63) is 0 Å². The molecule has 1 unspecified atom stereocenters. The lowest BCUT2D eigenvalue weighted by Crippen LogP contribution is -2.59. The van der Waals surface area contributed by atoms with E-state index in [4.69, 9.17) is 4.74 Å². The Hall–Kier alpha value is -1.10. The summed E-state index contributed by atoms with van der Waals surface area (Å²) in [7, 11) is 0. The molecule has 2 saturated heterocycles. The number of hydrogen-bond donors (Lipinski definition) is 1. The molecule has 2 heterocycles. The number of amides is 3. The fraction of sp³-hybridized carbons (Fsp3) is 0.778. The van der Waals surface area contributed by atoms with Crippen molar-refractivity contribution < 1.29 is 14.3 Å². The number of carbonyl (C=O) groups is 2. The van der Waals surface area contributed by atoms with Crippen molar-refractivity contribution in [1.29, 1.82) is 0 Å². The molecule has 0 bridgehead atoms. The summed E-state index contributed by atoms with van der Waals surface area (Å²) in [5.74, 6) is -0.114. The predicted molar refractivity (Wildman–Crippen MR) is 48.6 cm³/mol. The second-order valence-electron chi connectivity index (χ2n) is 4.41.